The fourth-order valence-electron chi connectivity index (χ4n) is 4.14. The molecule has 0 bridgehead atoms. The molecule has 3 heterocycles. The van der Waals surface area contributed by atoms with Gasteiger partial charge in [0.05, 0.1) is 11.8 Å². The van der Waals surface area contributed by atoms with Crippen LogP contribution in [0.25, 0.3) is 11.1 Å². The number of hydrogen-bond acceptors (Lipinski definition) is 5. The van der Waals surface area contributed by atoms with Gasteiger partial charge in [-0.1, -0.05) is 30.3 Å². The van der Waals surface area contributed by atoms with E-state index in [9.17, 15) is 14.3 Å². The molecule has 4 aromatic rings. The molecule has 178 valence electrons. The molecule has 0 saturated heterocycles. The van der Waals surface area contributed by atoms with Gasteiger partial charge in [0.25, 0.3) is 5.91 Å². The monoisotopic (exact) mass is 472 g/mol. The summed E-state index contributed by atoms with van der Waals surface area (Å²) >= 11 is 0. The molecule has 2 aromatic heterocycles. The van der Waals surface area contributed by atoms with E-state index >= 15 is 0 Å². The Balaban J connectivity index is 1.36. The van der Waals surface area contributed by atoms with E-state index in [4.69, 9.17) is 4.74 Å². The smallest absolute Gasteiger partial charge is 0.260 e. The number of amides is 1. The molecule has 8 heteroatoms. The third-order valence-electron chi connectivity index (χ3n) is 6.07. The zero-order valence-electron chi connectivity index (χ0n) is 19.7. The van der Waals surface area contributed by atoms with Gasteiger partial charge in [0.2, 0.25) is 5.88 Å². The molecule has 7 nitrogen and oxygen atoms in total. The van der Waals surface area contributed by atoms with E-state index in [1.54, 1.807) is 35.7 Å². The Morgan fingerprint density at radius 2 is 1.89 bits per heavy atom. The number of aromatic nitrogens is 3. The zero-order chi connectivity index (χ0) is 24.7. The molecule has 0 spiro atoms. The summed E-state index contributed by atoms with van der Waals surface area (Å²) in [6.07, 6.45) is 5.31. The van der Waals surface area contributed by atoms with Crippen molar-refractivity contribution >= 4 is 5.91 Å². The second kappa shape index (κ2) is 8.63. The molecule has 0 atom stereocenters. The van der Waals surface area contributed by atoms with Gasteiger partial charge in [-0.05, 0) is 54.3 Å². The molecular formula is C27H25FN4O3. The number of hydrogen-bond donors (Lipinski definition) is 1. The van der Waals surface area contributed by atoms with Gasteiger partial charge in [-0.2, -0.15) is 5.10 Å². The molecule has 0 aliphatic carbocycles. The van der Waals surface area contributed by atoms with Crippen LogP contribution >= 0.6 is 0 Å². The molecule has 0 saturated carbocycles. The summed E-state index contributed by atoms with van der Waals surface area (Å²) in [6, 6.07) is 13.9. The molecule has 1 aliphatic heterocycles. The Kier molecular flexibility index (Phi) is 5.61. The van der Waals surface area contributed by atoms with E-state index in [0.29, 0.717) is 24.2 Å². The van der Waals surface area contributed by atoms with Crippen LogP contribution in [0.1, 0.15) is 40.9 Å². The average molecular weight is 473 g/mol. The number of fused-ring (bicyclic) bond motifs is 1. The van der Waals surface area contributed by atoms with Crippen LogP contribution in [0.4, 0.5) is 4.39 Å². The molecule has 35 heavy (non-hydrogen) atoms. The summed E-state index contributed by atoms with van der Waals surface area (Å²) in [5, 5.41) is 14.5. The van der Waals surface area contributed by atoms with Gasteiger partial charge in [0.15, 0.2) is 11.6 Å². The highest BCUT2D eigenvalue weighted by atomic mass is 19.1. The predicted octanol–water partition coefficient (Wildman–Crippen LogP) is 4.80. The predicted molar refractivity (Wildman–Crippen MR) is 128 cm³/mol. The third kappa shape index (κ3) is 4.52. The molecule has 2 aromatic carbocycles. The minimum absolute atomic E-state index is 0.0497. The maximum Gasteiger partial charge on any atom is 0.260 e. The van der Waals surface area contributed by atoms with Crippen molar-refractivity contribution in [1.29, 1.82) is 0 Å². The highest BCUT2D eigenvalue weighted by molar-refractivity contribution is 6.00. The molecule has 1 amide bonds. The number of benzene rings is 2. The first-order chi connectivity index (χ1) is 16.7. The van der Waals surface area contributed by atoms with Crippen LogP contribution in [0.3, 0.4) is 0 Å². The average Bonchev–Trinajstić information content (AvgIpc) is 3.39. The van der Waals surface area contributed by atoms with Crippen molar-refractivity contribution in [1.82, 2.24) is 19.7 Å². The fraction of sp³-hybridized carbons (Fsp3) is 0.222. The Labute approximate surface area is 202 Å². The van der Waals surface area contributed by atoms with Crippen molar-refractivity contribution in [2.75, 3.05) is 0 Å². The first-order valence-electron chi connectivity index (χ1n) is 11.2. The van der Waals surface area contributed by atoms with Crippen LogP contribution in [0.2, 0.25) is 0 Å². The Bertz CT molecular complexity index is 1410. The lowest BCUT2D eigenvalue weighted by molar-refractivity contribution is 0.0760. The van der Waals surface area contributed by atoms with Crippen molar-refractivity contribution in [2.45, 2.75) is 32.5 Å². The molecule has 1 N–H and O–H groups in total. The van der Waals surface area contributed by atoms with E-state index in [2.05, 4.69) is 10.1 Å². The highest BCUT2D eigenvalue weighted by Gasteiger charge is 2.32. The lowest BCUT2D eigenvalue weighted by atomic mass is 9.98. The van der Waals surface area contributed by atoms with E-state index in [1.165, 1.54) is 18.2 Å². The summed E-state index contributed by atoms with van der Waals surface area (Å²) in [5.41, 5.74) is 3.48. The normalized spacial score (nSPS) is 13.3. The van der Waals surface area contributed by atoms with Crippen LogP contribution in [0.5, 0.6) is 11.6 Å². The van der Waals surface area contributed by atoms with Gasteiger partial charge in [-0.25, -0.2) is 9.37 Å². The number of carbonyl (C=O) groups is 1. The second-order valence-electron chi connectivity index (χ2n) is 9.22. The van der Waals surface area contributed by atoms with Gasteiger partial charge in [-0.3, -0.25) is 9.48 Å². The van der Waals surface area contributed by atoms with Crippen LogP contribution in [-0.2, 0) is 25.7 Å². The molecule has 0 radical (unpaired) electrons. The van der Waals surface area contributed by atoms with Crippen molar-refractivity contribution < 1.29 is 19.0 Å². The standard InChI is InChI=1S/C27H25FN4O3/c1-27(2,34)21-8-9-22(28)23(12-21)35-25-24-19(10-11-29-25)16-32(26(24)33)14-17-4-6-18(7-5-17)20-13-30-31(3)15-20/h4-13,15,34H,14,16H2,1-3H3. The summed E-state index contributed by atoms with van der Waals surface area (Å²) in [4.78, 5) is 19.2. The number of rotatable bonds is 6. The van der Waals surface area contributed by atoms with Gasteiger partial charge >= 0.3 is 0 Å². The number of carbonyl (C=O) groups excluding carboxylic acids is 1. The first-order valence-corrected chi connectivity index (χ1v) is 11.2. The molecule has 5 rings (SSSR count). The number of aliphatic hydroxyl groups is 1. The van der Waals surface area contributed by atoms with Crippen molar-refractivity contribution in [2.24, 2.45) is 7.05 Å². The number of nitrogens with zero attached hydrogens (tertiary/aromatic N) is 4. The lowest BCUT2D eigenvalue weighted by Gasteiger charge is -2.19. The summed E-state index contributed by atoms with van der Waals surface area (Å²) in [5.74, 6) is -0.872. The van der Waals surface area contributed by atoms with Crippen LogP contribution in [0.15, 0.2) is 67.1 Å². The quantitative estimate of drug-likeness (QED) is 0.436. The second-order valence-corrected chi connectivity index (χ2v) is 9.22. The highest BCUT2D eigenvalue weighted by Crippen LogP contribution is 2.35. The number of pyridine rings is 1. The Morgan fingerprint density at radius 3 is 2.57 bits per heavy atom. The minimum atomic E-state index is -1.17. The number of ether oxygens (including phenoxy) is 1. The van der Waals surface area contributed by atoms with Crippen LogP contribution in [0, 0.1) is 5.82 Å². The van der Waals surface area contributed by atoms with E-state index in [1.807, 2.05) is 43.7 Å². The number of halogens is 1. The van der Waals surface area contributed by atoms with Crippen molar-refractivity contribution in [3.8, 4) is 22.8 Å². The SMILES string of the molecule is Cn1cc(-c2ccc(CN3Cc4ccnc(Oc5cc(C(C)(C)O)ccc5F)c4C3=O)cc2)cn1. The van der Waals surface area contributed by atoms with Crippen molar-refractivity contribution in [3.05, 3.63) is 95.2 Å². The third-order valence-corrected chi connectivity index (χ3v) is 6.07. The Morgan fingerprint density at radius 1 is 1.11 bits per heavy atom. The van der Waals surface area contributed by atoms with Crippen LogP contribution in [-0.4, -0.2) is 30.7 Å². The maximum absolute atomic E-state index is 14.5. The summed E-state index contributed by atoms with van der Waals surface area (Å²) in [7, 11) is 1.87. The van der Waals surface area contributed by atoms with Gasteiger partial charge in [-0.15, -0.1) is 0 Å². The van der Waals surface area contributed by atoms with E-state index in [-0.39, 0.29) is 17.5 Å². The largest absolute Gasteiger partial charge is 0.435 e. The fourth-order valence-corrected chi connectivity index (χ4v) is 4.14. The van der Waals surface area contributed by atoms with Crippen molar-refractivity contribution in [3.63, 3.8) is 0 Å². The summed E-state index contributed by atoms with van der Waals surface area (Å²) < 4.78 is 22.0. The molecular weight excluding hydrogens is 447 g/mol. The van der Waals surface area contributed by atoms with Crippen LogP contribution < -0.4 is 4.74 Å². The maximum atomic E-state index is 14.5. The van der Waals surface area contributed by atoms with Gasteiger partial charge in [0, 0.05) is 38.1 Å². The molecule has 1 aliphatic rings. The minimum Gasteiger partial charge on any atom is -0.435 e. The van der Waals surface area contributed by atoms with Gasteiger partial charge < -0.3 is 14.7 Å². The summed E-state index contributed by atoms with van der Waals surface area (Å²) in [6.45, 7) is 4.03. The van der Waals surface area contributed by atoms with E-state index in [0.717, 1.165) is 22.3 Å². The zero-order valence-corrected chi connectivity index (χ0v) is 19.7. The molecule has 0 fully saturated rings. The van der Waals surface area contributed by atoms with Gasteiger partial charge in [0.1, 0.15) is 5.56 Å². The van der Waals surface area contributed by atoms with E-state index < -0.39 is 11.4 Å². The lowest BCUT2D eigenvalue weighted by Crippen LogP contribution is -2.23. The number of aryl methyl sites for hydroxylation is 1. The topological polar surface area (TPSA) is 80.5 Å². The Hall–Kier alpha value is -4.04. The molecule has 0 unspecified atom stereocenters. The first kappa shape index (κ1) is 22.7.